The summed E-state index contributed by atoms with van der Waals surface area (Å²) in [5.74, 6) is 1.07. The lowest BCUT2D eigenvalue weighted by Crippen LogP contribution is -2.33. The fourth-order valence-electron chi connectivity index (χ4n) is 3.70. The smallest absolute Gasteiger partial charge is 0.309 e. The summed E-state index contributed by atoms with van der Waals surface area (Å²) in [4.78, 5) is 23.7. The standard InChI is InChI=1S/C22H42O4/c1-7-25-20(23)16-14-12-10-9-11-13-15-19(17(3)4)21(18(5)6)22(24)26-8-2/h17-19,21H,7-16H2,1-6H3. The van der Waals surface area contributed by atoms with Gasteiger partial charge in [-0.15, -0.1) is 0 Å². The van der Waals surface area contributed by atoms with Gasteiger partial charge in [-0.3, -0.25) is 9.59 Å². The molecule has 154 valence electrons. The summed E-state index contributed by atoms with van der Waals surface area (Å²) in [5.41, 5.74) is 0. The molecule has 0 N–H and O–H groups in total. The highest BCUT2D eigenvalue weighted by atomic mass is 16.5. The molecule has 0 saturated carbocycles. The summed E-state index contributed by atoms with van der Waals surface area (Å²) in [6.07, 6.45) is 8.34. The predicted octanol–water partition coefficient (Wildman–Crippen LogP) is 5.78. The van der Waals surface area contributed by atoms with Crippen LogP contribution in [0.5, 0.6) is 0 Å². The molecule has 0 saturated heterocycles. The molecule has 0 radical (unpaired) electrons. The van der Waals surface area contributed by atoms with Crippen LogP contribution in [0.15, 0.2) is 0 Å². The minimum Gasteiger partial charge on any atom is -0.466 e. The lowest BCUT2D eigenvalue weighted by Gasteiger charge is -2.31. The molecule has 0 aliphatic heterocycles. The number of ether oxygens (including phenoxy) is 2. The predicted molar refractivity (Wildman–Crippen MR) is 107 cm³/mol. The lowest BCUT2D eigenvalue weighted by molar-refractivity contribution is -0.153. The SMILES string of the molecule is CCOC(=O)CCCCCCCCC(C(C)C)C(C(=O)OCC)C(C)C. The number of hydrogen-bond acceptors (Lipinski definition) is 4. The van der Waals surface area contributed by atoms with Gasteiger partial charge in [0.05, 0.1) is 19.1 Å². The number of carbonyl (C=O) groups excluding carboxylic acids is 2. The molecule has 0 fully saturated rings. The molecule has 4 nitrogen and oxygen atoms in total. The molecule has 0 aromatic rings. The van der Waals surface area contributed by atoms with Crippen molar-refractivity contribution < 1.29 is 19.1 Å². The molecule has 2 atom stereocenters. The molecule has 0 aromatic carbocycles. The van der Waals surface area contributed by atoms with Crippen LogP contribution in [0.3, 0.4) is 0 Å². The quantitative estimate of drug-likeness (QED) is 0.271. The van der Waals surface area contributed by atoms with Gasteiger partial charge in [0.2, 0.25) is 0 Å². The minimum atomic E-state index is -0.0778. The Labute approximate surface area is 161 Å². The number of carbonyl (C=O) groups is 2. The Morgan fingerprint density at radius 3 is 1.77 bits per heavy atom. The highest BCUT2D eigenvalue weighted by Gasteiger charge is 2.33. The van der Waals surface area contributed by atoms with Crippen LogP contribution in [0, 0.1) is 23.7 Å². The van der Waals surface area contributed by atoms with Gasteiger partial charge in [0.15, 0.2) is 0 Å². The maximum absolute atomic E-state index is 12.4. The summed E-state index contributed by atoms with van der Waals surface area (Å²) in [6.45, 7) is 13.3. The Balaban J connectivity index is 4.13. The summed E-state index contributed by atoms with van der Waals surface area (Å²) in [7, 11) is 0. The van der Waals surface area contributed by atoms with E-state index in [1.807, 2.05) is 13.8 Å². The van der Waals surface area contributed by atoms with Crippen LogP contribution in [-0.2, 0) is 19.1 Å². The summed E-state index contributed by atoms with van der Waals surface area (Å²) < 4.78 is 10.3. The van der Waals surface area contributed by atoms with Crippen molar-refractivity contribution in [3.63, 3.8) is 0 Å². The van der Waals surface area contributed by atoms with Gasteiger partial charge in [-0.05, 0) is 44.4 Å². The molecule has 0 amide bonds. The molecule has 0 spiro atoms. The van der Waals surface area contributed by atoms with E-state index >= 15 is 0 Å². The van der Waals surface area contributed by atoms with E-state index in [0.717, 1.165) is 32.1 Å². The lowest BCUT2D eigenvalue weighted by atomic mass is 9.74. The van der Waals surface area contributed by atoms with Crippen molar-refractivity contribution in [2.45, 2.75) is 92.9 Å². The third-order valence-corrected chi connectivity index (χ3v) is 5.07. The molecule has 2 unspecified atom stereocenters. The average molecular weight is 371 g/mol. The van der Waals surface area contributed by atoms with E-state index in [-0.39, 0.29) is 17.9 Å². The summed E-state index contributed by atoms with van der Waals surface area (Å²) >= 11 is 0. The van der Waals surface area contributed by atoms with Crippen molar-refractivity contribution in [2.24, 2.45) is 23.7 Å². The monoisotopic (exact) mass is 370 g/mol. The highest BCUT2D eigenvalue weighted by Crippen LogP contribution is 2.33. The largest absolute Gasteiger partial charge is 0.466 e. The van der Waals surface area contributed by atoms with Gasteiger partial charge in [-0.2, -0.15) is 0 Å². The van der Waals surface area contributed by atoms with E-state index in [1.54, 1.807) is 0 Å². The third kappa shape index (κ3) is 10.8. The zero-order valence-corrected chi connectivity index (χ0v) is 18.0. The zero-order valence-electron chi connectivity index (χ0n) is 18.0. The van der Waals surface area contributed by atoms with Crippen molar-refractivity contribution in [3.8, 4) is 0 Å². The molecule has 0 aliphatic rings. The van der Waals surface area contributed by atoms with Gasteiger partial charge in [0.1, 0.15) is 0 Å². The van der Waals surface area contributed by atoms with Crippen LogP contribution in [0.2, 0.25) is 0 Å². The maximum Gasteiger partial charge on any atom is 0.309 e. The number of rotatable bonds is 15. The van der Waals surface area contributed by atoms with E-state index in [4.69, 9.17) is 9.47 Å². The first-order valence-electron chi connectivity index (χ1n) is 10.7. The van der Waals surface area contributed by atoms with Gasteiger partial charge in [-0.1, -0.05) is 59.8 Å². The number of hydrogen-bond donors (Lipinski definition) is 0. The number of unbranched alkanes of at least 4 members (excludes halogenated alkanes) is 5. The van der Waals surface area contributed by atoms with Crippen LogP contribution in [0.4, 0.5) is 0 Å². The van der Waals surface area contributed by atoms with Gasteiger partial charge in [0, 0.05) is 6.42 Å². The molecule has 0 heterocycles. The Morgan fingerprint density at radius 2 is 1.27 bits per heavy atom. The fourth-order valence-corrected chi connectivity index (χ4v) is 3.70. The molecule has 0 aliphatic carbocycles. The van der Waals surface area contributed by atoms with Gasteiger partial charge in [-0.25, -0.2) is 0 Å². The normalized spacial score (nSPS) is 13.7. The van der Waals surface area contributed by atoms with Crippen LogP contribution in [0.1, 0.15) is 92.9 Å². The molecular weight excluding hydrogens is 328 g/mol. The Kier molecular flexibility index (Phi) is 14.4. The van der Waals surface area contributed by atoms with Crippen molar-refractivity contribution in [3.05, 3.63) is 0 Å². The van der Waals surface area contributed by atoms with Gasteiger partial charge >= 0.3 is 11.9 Å². The zero-order chi connectivity index (χ0) is 19.9. The number of esters is 2. The second-order valence-corrected chi connectivity index (χ2v) is 7.89. The first-order chi connectivity index (χ1) is 12.3. The molecule has 0 rings (SSSR count). The van der Waals surface area contributed by atoms with Gasteiger partial charge in [0.25, 0.3) is 0 Å². The van der Waals surface area contributed by atoms with Gasteiger partial charge < -0.3 is 9.47 Å². The Hall–Kier alpha value is -1.06. The molecule has 4 heteroatoms. The second kappa shape index (κ2) is 15.0. The molecular formula is C22H42O4. The summed E-state index contributed by atoms with van der Waals surface area (Å²) in [6, 6.07) is 0. The van der Waals surface area contributed by atoms with E-state index in [0.29, 0.717) is 37.4 Å². The first kappa shape index (κ1) is 24.9. The van der Waals surface area contributed by atoms with Crippen LogP contribution in [0.25, 0.3) is 0 Å². The second-order valence-electron chi connectivity index (χ2n) is 7.89. The Morgan fingerprint density at radius 1 is 0.731 bits per heavy atom. The van der Waals surface area contributed by atoms with E-state index < -0.39 is 0 Å². The maximum atomic E-state index is 12.4. The van der Waals surface area contributed by atoms with Crippen LogP contribution >= 0.6 is 0 Å². The van der Waals surface area contributed by atoms with E-state index in [1.165, 1.54) is 12.8 Å². The highest BCUT2D eigenvalue weighted by molar-refractivity contribution is 5.73. The van der Waals surface area contributed by atoms with E-state index in [2.05, 4.69) is 27.7 Å². The topological polar surface area (TPSA) is 52.6 Å². The van der Waals surface area contributed by atoms with Crippen LogP contribution < -0.4 is 0 Å². The van der Waals surface area contributed by atoms with Crippen LogP contribution in [-0.4, -0.2) is 25.2 Å². The third-order valence-electron chi connectivity index (χ3n) is 5.07. The van der Waals surface area contributed by atoms with Crippen molar-refractivity contribution >= 4 is 11.9 Å². The molecule has 0 aromatic heterocycles. The van der Waals surface area contributed by atoms with E-state index in [9.17, 15) is 9.59 Å². The summed E-state index contributed by atoms with van der Waals surface area (Å²) in [5, 5.41) is 0. The average Bonchev–Trinajstić information content (AvgIpc) is 2.55. The van der Waals surface area contributed by atoms with Crippen molar-refractivity contribution in [1.29, 1.82) is 0 Å². The Bertz CT molecular complexity index is 376. The molecule has 26 heavy (non-hydrogen) atoms. The fraction of sp³-hybridized carbons (Fsp3) is 0.909. The van der Waals surface area contributed by atoms with Crippen molar-refractivity contribution in [1.82, 2.24) is 0 Å². The minimum absolute atomic E-state index is 0.000437. The first-order valence-corrected chi connectivity index (χ1v) is 10.7. The molecule has 0 bridgehead atoms. The van der Waals surface area contributed by atoms with Crippen molar-refractivity contribution in [2.75, 3.05) is 13.2 Å².